The molecule has 0 radical (unpaired) electrons. The topological polar surface area (TPSA) is 65.6 Å². The monoisotopic (exact) mass is 710 g/mol. The minimum Gasteiger partial charge on any atom is -0.482 e. The summed E-state index contributed by atoms with van der Waals surface area (Å²) in [6.07, 6.45) is 4.87. The first-order chi connectivity index (χ1) is 24.4. The van der Waals surface area contributed by atoms with Gasteiger partial charge in [-0.1, -0.05) is 71.7 Å². The predicted molar refractivity (Wildman–Crippen MR) is 200 cm³/mol. The van der Waals surface area contributed by atoms with Gasteiger partial charge in [0, 0.05) is 48.4 Å². The van der Waals surface area contributed by atoms with Gasteiger partial charge in [0.1, 0.15) is 11.5 Å². The third-order valence-electron chi connectivity index (χ3n) is 10.4. The van der Waals surface area contributed by atoms with E-state index in [1.165, 1.54) is 25.7 Å². The highest BCUT2D eigenvalue weighted by molar-refractivity contribution is 6.39. The van der Waals surface area contributed by atoms with Crippen LogP contribution in [0.4, 0.5) is 11.4 Å². The summed E-state index contributed by atoms with van der Waals surface area (Å²) in [7, 11) is 0. The van der Waals surface area contributed by atoms with Crippen LogP contribution in [0.25, 0.3) is 33.4 Å². The van der Waals surface area contributed by atoms with Crippen LogP contribution in [0.1, 0.15) is 25.7 Å². The van der Waals surface area contributed by atoms with Crippen molar-refractivity contribution in [1.29, 1.82) is 0 Å². The molecule has 0 aliphatic carbocycles. The zero-order chi connectivity index (χ0) is 34.2. The lowest BCUT2D eigenvalue weighted by molar-refractivity contribution is -0.122. The number of halogens is 2. The van der Waals surface area contributed by atoms with E-state index in [1.807, 2.05) is 82.6 Å². The van der Waals surface area contributed by atoms with E-state index >= 15 is 0 Å². The Morgan fingerprint density at radius 1 is 0.520 bits per heavy atom. The van der Waals surface area contributed by atoms with Crippen molar-refractivity contribution in [3.63, 3.8) is 0 Å². The molecule has 0 unspecified atom stereocenters. The fourth-order valence-corrected chi connectivity index (χ4v) is 8.33. The highest BCUT2D eigenvalue weighted by Crippen LogP contribution is 2.45. The normalized spacial score (nSPS) is 17.9. The van der Waals surface area contributed by atoms with Crippen LogP contribution in [-0.2, 0) is 9.59 Å². The molecule has 4 aromatic rings. The van der Waals surface area contributed by atoms with Crippen LogP contribution in [0, 0.1) is 0 Å². The molecule has 2 amide bonds. The number of hydrogen-bond acceptors (Lipinski definition) is 6. The highest BCUT2D eigenvalue weighted by atomic mass is 35.5. The number of anilines is 2. The van der Waals surface area contributed by atoms with Gasteiger partial charge >= 0.3 is 0 Å². The molecule has 0 atom stereocenters. The van der Waals surface area contributed by atoms with Crippen molar-refractivity contribution in [2.45, 2.75) is 25.7 Å². The van der Waals surface area contributed by atoms with Gasteiger partial charge < -0.3 is 29.1 Å². The Morgan fingerprint density at radius 2 is 0.920 bits per heavy atom. The van der Waals surface area contributed by atoms with E-state index in [1.54, 1.807) is 0 Å². The number of benzene rings is 4. The maximum Gasteiger partial charge on any atom is 0.265 e. The van der Waals surface area contributed by atoms with Crippen molar-refractivity contribution in [3.8, 4) is 44.9 Å². The van der Waals surface area contributed by atoms with E-state index < -0.39 is 0 Å². The lowest BCUT2D eigenvalue weighted by atomic mass is 9.95. The van der Waals surface area contributed by atoms with Crippen LogP contribution in [0.5, 0.6) is 11.5 Å². The third-order valence-corrected chi connectivity index (χ3v) is 11.2. The van der Waals surface area contributed by atoms with Gasteiger partial charge in [0.05, 0.1) is 21.4 Å². The minimum absolute atomic E-state index is 0.0205. The van der Waals surface area contributed by atoms with Gasteiger partial charge in [0.25, 0.3) is 11.8 Å². The quantitative estimate of drug-likeness (QED) is 0.178. The van der Waals surface area contributed by atoms with Crippen molar-refractivity contribution in [1.82, 2.24) is 9.80 Å². The molecule has 0 spiro atoms. The molecule has 50 heavy (non-hydrogen) atoms. The van der Waals surface area contributed by atoms with E-state index in [4.69, 9.17) is 32.7 Å². The summed E-state index contributed by atoms with van der Waals surface area (Å²) in [6, 6.07) is 23.7. The van der Waals surface area contributed by atoms with Crippen LogP contribution in [0.2, 0.25) is 10.0 Å². The van der Waals surface area contributed by atoms with Gasteiger partial charge in [-0.05, 0) is 87.3 Å². The Kier molecular flexibility index (Phi) is 9.44. The first-order valence-corrected chi connectivity index (χ1v) is 18.4. The molecule has 0 N–H and O–H groups in total. The SMILES string of the molecule is O=C1COc2cc(-c3cccc(-c4cccc(-c5ccc6c(c5)OCC(=O)N6CCN5CCCC5)c4Cl)c3Cl)ccc2N1CCN1CCCC1. The number of amides is 2. The molecule has 2 fully saturated rings. The summed E-state index contributed by atoms with van der Waals surface area (Å²) in [5, 5.41) is 1.15. The summed E-state index contributed by atoms with van der Waals surface area (Å²) in [5.41, 5.74) is 6.69. The number of nitrogens with zero attached hydrogens (tertiary/aromatic N) is 4. The fraction of sp³-hybridized carbons (Fsp3) is 0.350. The molecule has 4 heterocycles. The Balaban J connectivity index is 1.06. The summed E-state index contributed by atoms with van der Waals surface area (Å²) in [5.74, 6) is 1.31. The van der Waals surface area contributed by atoms with Crippen molar-refractivity contribution < 1.29 is 19.1 Å². The molecule has 10 heteroatoms. The van der Waals surface area contributed by atoms with Crippen LogP contribution in [-0.4, -0.2) is 87.2 Å². The molecule has 0 saturated carbocycles. The first-order valence-electron chi connectivity index (χ1n) is 17.6. The first kappa shape index (κ1) is 33.1. The Hall–Kier alpha value is -4.08. The second-order valence-corrected chi connectivity index (χ2v) is 14.2. The number of ether oxygens (including phenoxy) is 2. The Morgan fingerprint density at radius 3 is 1.34 bits per heavy atom. The zero-order valence-corrected chi connectivity index (χ0v) is 29.5. The van der Waals surface area contributed by atoms with E-state index in [0.29, 0.717) is 34.6 Å². The van der Waals surface area contributed by atoms with Crippen LogP contribution in [0.3, 0.4) is 0 Å². The second kappa shape index (κ2) is 14.3. The molecule has 4 aromatic carbocycles. The molecule has 8 rings (SSSR count). The summed E-state index contributed by atoms with van der Waals surface area (Å²) >= 11 is 14.4. The molecule has 8 nitrogen and oxygen atoms in total. The summed E-state index contributed by atoms with van der Waals surface area (Å²) in [6.45, 7) is 7.41. The average molecular weight is 712 g/mol. The van der Waals surface area contributed by atoms with E-state index in [0.717, 1.165) is 84.0 Å². The van der Waals surface area contributed by atoms with E-state index in [-0.39, 0.29) is 25.0 Å². The van der Waals surface area contributed by atoms with E-state index in [9.17, 15) is 9.59 Å². The lowest BCUT2D eigenvalue weighted by Gasteiger charge is -2.31. The van der Waals surface area contributed by atoms with Gasteiger partial charge in [0.15, 0.2) is 13.2 Å². The molecule has 4 aliphatic rings. The molecule has 4 aliphatic heterocycles. The average Bonchev–Trinajstić information content (AvgIpc) is 3.86. The number of carbonyl (C=O) groups is 2. The van der Waals surface area contributed by atoms with Crippen LogP contribution >= 0.6 is 23.2 Å². The maximum atomic E-state index is 12.8. The molecule has 258 valence electrons. The van der Waals surface area contributed by atoms with Crippen molar-refractivity contribution in [2.75, 3.05) is 75.4 Å². The van der Waals surface area contributed by atoms with Gasteiger partial charge in [-0.2, -0.15) is 0 Å². The Bertz CT molecular complexity index is 1800. The molecule has 2 saturated heterocycles. The van der Waals surface area contributed by atoms with Gasteiger partial charge in [-0.3, -0.25) is 9.59 Å². The number of likely N-dealkylation sites (tertiary alicyclic amines) is 2. The largest absolute Gasteiger partial charge is 0.482 e. The van der Waals surface area contributed by atoms with E-state index in [2.05, 4.69) is 9.80 Å². The van der Waals surface area contributed by atoms with Gasteiger partial charge in [0.2, 0.25) is 0 Å². The molecular weight excluding hydrogens is 671 g/mol. The Labute approximate surface area is 303 Å². The van der Waals surface area contributed by atoms with Crippen molar-refractivity contribution in [2.24, 2.45) is 0 Å². The van der Waals surface area contributed by atoms with Gasteiger partial charge in [-0.15, -0.1) is 0 Å². The minimum atomic E-state index is -0.0205. The molecular formula is C40H40Cl2N4O4. The number of carbonyl (C=O) groups excluding carboxylic acids is 2. The van der Waals surface area contributed by atoms with Crippen LogP contribution in [0.15, 0.2) is 72.8 Å². The van der Waals surface area contributed by atoms with Crippen LogP contribution < -0.4 is 19.3 Å². The highest BCUT2D eigenvalue weighted by Gasteiger charge is 2.29. The molecule has 0 aromatic heterocycles. The number of hydrogen-bond donors (Lipinski definition) is 0. The fourth-order valence-electron chi connectivity index (χ4n) is 7.66. The number of rotatable bonds is 9. The van der Waals surface area contributed by atoms with Crippen molar-refractivity contribution in [3.05, 3.63) is 82.8 Å². The lowest BCUT2D eigenvalue weighted by Crippen LogP contribution is -2.43. The molecule has 0 bridgehead atoms. The zero-order valence-electron chi connectivity index (χ0n) is 28.0. The maximum absolute atomic E-state index is 12.8. The second-order valence-electron chi connectivity index (χ2n) is 13.5. The smallest absolute Gasteiger partial charge is 0.265 e. The standard InChI is InChI=1S/C40H40Cl2N4O4/c41-39-29(27-11-13-33-35(23-27)49-25-37(47)45(33)21-19-43-15-1-2-16-43)7-5-9-31(39)32-10-6-8-30(40(32)42)28-12-14-34-36(24-28)50-26-38(48)46(34)22-20-44-17-3-4-18-44/h5-14,23-24H,1-4,15-22,25-26H2. The number of fused-ring (bicyclic) bond motifs is 2. The third kappa shape index (κ3) is 6.46. The predicted octanol–water partition coefficient (Wildman–Crippen LogP) is 7.64. The van der Waals surface area contributed by atoms with Crippen molar-refractivity contribution >= 4 is 46.4 Å². The summed E-state index contributed by atoms with van der Waals surface area (Å²) in [4.78, 5) is 34.2. The van der Waals surface area contributed by atoms with Gasteiger partial charge in [-0.25, -0.2) is 0 Å². The summed E-state index contributed by atoms with van der Waals surface area (Å²) < 4.78 is 11.8.